The quantitative estimate of drug-likeness (QED) is 0.536. The van der Waals surface area contributed by atoms with Crippen molar-refractivity contribution in [3.8, 4) is 11.1 Å². The van der Waals surface area contributed by atoms with Gasteiger partial charge in [-0.15, -0.1) is 0 Å². The van der Waals surface area contributed by atoms with E-state index in [0.717, 1.165) is 22.2 Å². The van der Waals surface area contributed by atoms with Crippen molar-refractivity contribution in [3.05, 3.63) is 77.5 Å². The first-order chi connectivity index (χ1) is 12.2. The first-order valence-corrected chi connectivity index (χ1v) is 7.77. The summed E-state index contributed by atoms with van der Waals surface area (Å²) in [7, 11) is 0. The molecule has 4 N–H and O–H groups in total. The molecule has 3 heterocycles. The van der Waals surface area contributed by atoms with Crippen LogP contribution in [-0.2, 0) is 0 Å². The van der Waals surface area contributed by atoms with Gasteiger partial charge in [0.15, 0.2) is 0 Å². The SMILES string of the molecule is Nc1ccc(-c2cnc(Nc3ccccc3)c3c(=O)[nH]ccc23)cn1. The molecule has 1 aromatic carbocycles. The van der Waals surface area contributed by atoms with Crippen LogP contribution in [0.25, 0.3) is 21.9 Å². The average molecular weight is 329 g/mol. The number of fused-ring (bicyclic) bond motifs is 1. The molecule has 0 bridgehead atoms. The Morgan fingerprint density at radius 2 is 1.80 bits per heavy atom. The van der Waals surface area contributed by atoms with Gasteiger partial charge in [-0.1, -0.05) is 18.2 Å². The lowest BCUT2D eigenvalue weighted by atomic mass is 10.0. The van der Waals surface area contributed by atoms with E-state index < -0.39 is 0 Å². The van der Waals surface area contributed by atoms with Gasteiger partial charge in [0.05, 0.1) is 5.39 Å². The molecule has 0 spiro atoms. The van der Waals surface area contributed by atoms with Crippen LogP contribution in [0, 0.1) is 0 Å². The van der Waals surface area contributed by atoms with Gasteiger partial charge in [0.25, 0.3) is 5.56 Å². The number of aromatic nitrogens is 3. The number of rotatable bonds is 3. The Morgan fingerprint density at radius 3 is 2.56 bits per heavy atom. The lowest BCUT2D eigenvalue weighted by Crippen LogP contribution is -2.09. The number of nitrogen functional groups attached to an aromatic ring is 1. The van der Waals surface area contributed by atoms with Crippen LogP contribution in [0.5, 0.6) is 0 Å². The molecule has 4 aromatic rings. The van der Waals surface area contributed by atoms with E-state index in [2.05, 4.69) is 20.3 Å². The van der Waals surface area contributed by atoms with Crippen LogP contribution in [0.1, 0.15) is 0 Å². The van der Waals surface area contributed by atoms with Crippen LogP contribution < -0.4 is 16.6 Å². The summed E-state index contributed by atoms with van der Waals surface area (Å²) in [6.45, 7) is 0. The lowest BCUT2D eigenvalue weighted by Gasteiger charge is -2.11. The summed E-state index contributed by atoms with van der Waals surface area (Å²) in [4.78, 5) is 23.8. The predicted molar refractivity (Wildman–Crippen MR) is 99.7 cm³/mol. The minimum Gasteiger partial charge on any atom is -0.384 e. The third-order valence-corrected chi connectivity index (χ3v) is 3.94. The maximum Gasteiger partial charge on any atom is 0.259 e. The first kappa shape index (κ1) is 14.9. The Morgan fingerprint density at radius 1 is 0.960 bits per heavy atom. The monoisotopic (exact) mass is 329 g/mol. The van der Waals surface area contributed by atoms with E-state index in [9.17, 15) is 4.79 Å². The zero-order valence-electron chi connectivity index (χ0n) is 13.2. The molecule has 0 amide bonds. The van der Waals surface area contributed by atoms with Gasteiger partial charge in [-0.3, -0.25) is 4.79 Å². The maximum absolute atomic E-state index is 12.5. The van der Waals surface area contributed by atoms with Crippen molar-refractivity contribution in [3.63, 3.8) is 0 Å². The molecule has 0 radical (unpaired) electrons. The fourth-order valence-electron chi connectivity index (χ4n) is 2.75. The average Bonchev–Trinajstić information content (AvgIpc) is 2.64. The van der Waals surface area contributed by atoms with Crippen molar-refractivity contribution in [2.75, 3.05) is 11.1 Å². The Kier molecular flexibility index (Phi) is 3.63. The van der Waals surface area contributed by atoms with Crippen LogP contribution in [0.15, 0.2) is 71.9 Å². The van der Waals surface area contributed by atoms with E-state index in [4.69, 9.17) is 5.73 Å². The number of aromatic amines is 1. The number of nitrogens with two attached hydrogens (primary N) is 1. The highest BCUT2D eigenvalue weighted by atomic mass is 16.1. The minimum atomic E-state index is -0.200. The van der Waals surface area contributed by atoms with Gasteiger partial charge in [0.1, 0.15) is 11.6 Å². The molecular weight excluding hydrogens is 314 g/mol. The van der Waals surface area contributed by atoms with Gasteiger partial charge >= 0.3 is 0 Å². The largest absolute Gasteiger partial charge is 0.384 e. The summed E-state index contributed by atoms with van der Waals surface area (Å²) >= 11 is 0. The standard InChI is InChI=1S/C19H15N5O/c20-16-7-6-12(10-22-16)15-11-23-18(24-13-4-2-1-3-5-13)17-14(15)8-9-21-19(17)25/h1-11H,(H2,20,22)(H,21,25)(H,23,24). The van der Waals surface area contributed by atoms with Gasteiger partial charge in [-0.2, -0.15) is 0 Å². The molecule has 0 fully saturated rings. The number of benzene rings is 1. The number of hydrogen-bond donors (Lipinski definition) is 3. The summed E-state index contributed by atoms with van der Waals surface area (Å²) in [5.74, 6) is 0.955. The van der Waals surface area contributed by atoms with Crippen molar-refractivity contribution in [1.29, 1.82) is 0 Å². The third kappa shape index (κ3) is 2.81. The molecule has 0 saturated heterocycles. The Balaban J connectivity index is 1.91. The van der Waals surface area contributed by atoms with E-state index in [0.29, 0.717) is 17.0 Å². The summed E-state index contributed by atoms with van der Waals surface area (Å²) in [6, 6.07) is 15.1. The molecular formula is C19H15N5O. The Hall–Kier alpha value is -3.67. The van der Waals surface area contributed by atoms with E-state index >= 15 is 0 Å². The summed E-state index contributed by atoms with van der Waals surface area (Å²) in [5.41, 5.74) is 8.00. The van der Waals surface area contributed by atoms with Crippen LogP contribution >= 0.6 is 0 Å². The van der Waals surface area contributed by atoms with E-state index in [1.807, 2.05) is 42.5 Å². The molecule has 0 saturated carbocycles. The number of hydrogen-bond acceptors (Lipinski definition) is 5. The van der Waals surface area contributed by atoms with Gasteiger partial charge in [-0.05, 0) is 30.3 Å². The smallest absolute Gasteiger partial charge is 0.259 e. The van der Waals surface area contributed by atoms with Gasteiger partial charge in [0, 0.05) is 40.8 Å². The number of anilines is 3. The van der Waals surface area contributed by atoms with Gasteiger partial charge in [-0.25, -0.2) is 9.97 Å². The Bertz CT molecular complexity index is 1090. The summed E-state index contributed by atoms with van der Waals surface area (Å²) in [6.07, 6.45) is 5.04. The third-order valence-electron chi connectivity index (χ3n) is 3.94. The number of nitrogens with one attached hydrogen (secondary N) is 2. The van der Waals surface area contributed by atoms with E-state index in [1.165, 1.54) is 0 Å². The molecule has 0 aliphatic carbocycles. The zero-order chi connectivity index (χ0) is 17.2. The zero-order valence-corrected chi connectivity index (χ0v) is 13.2. The van der Waals surface area contributed by atoms with Crippen LogP contribution in [0.3, 0.4) is 0 Å². The fourth-order valence-corrected chi connectivity index (χ4v) is 2.75. The maximum atomic E-state index is 12.5. The molecule has 6 heteroatoms. The highest BCUT2D eigenvalue weighted by Crippen LogP contribution is 2.30. The molecule has 3 aromatic heterocycles. The number of H-pyrrole nitrogens is 1. The molecule has 0 atom stereocenters. The van der Waals surface area contributed by atoms with Crippen LogP contribution in [-0.4, -0.2) is 15.0 Å². The lowest BCUT2D eigenvalue weighted by molar-refractivity contribution is 1.25. The minimum absolute atomic E-state index is 0.200. The molecule has 122 valence electrons. The second kappa shape index (κ2) is 6.09. The second-order valence-corrected chi connectivity index (χ2v) is 5.58. The molecule has 4 rings (SSSR count). The number of para-hydroxylation sites is 1. The molecule has 6 nitrogen and oxygen atoms in total. The molecule has 0 aliphatic rings. The number of nitrogens with zero attached hydrogens (tertiary/aromatic N) is 2. The second-order valence-electron chi connectivity index (χ2n) is 5.58. The molecule has 0 aliphatic heterocycles. The first-order valence-electron chi connectivity index (χ1n) is 7.77. The molecule has 25 heavy (non-hydrogen) atoms. The topological polar surface area (TPSA) is 96.7 Å². The van der Waals surface area contributed by atoms with Crippen LogP contribution in [0.4, 0.5) is 17.3 Å². The van der Waals surface area contributed by atoms with Crippen molar-refractivity contribution in [2.24, 2.45) is 0 Å². The van der Waals surface area contributed by atoms with E-state index in [-0.39, 0.29) is 5.56 Å². The Labute approximate surface area is 143 Å². The fraction of sp³-hybridized carbons (Fsp3) is 0. The van der Waals surface area contributed by atoms with Crippen molar-refractivity contribution >= 4 is 28.1 Å². The molecule has 0 unspecified atom stereocenters. The normalized spacial score (nSPS) is 10.7. The number of pyridine rings is 3. The van der Waals surface area contributed by atoms with Gasteiger partial charge in [0.2, 0.25) is 0 Å². The van der Waals surface area contributed by atoms with Crippen molar-refractivity contribution in [1.82, 2.24) is 15.0 Å². The highest BCUT2D eigenvalue weighted by molar-refractivity contribution is 6.01. The summed E-state index contributed by atoms with van der Waals surface area (Å²) in [5, 5.41) is 4.50. The van der Waals surface area contributed by atoms with E-state index in [1.54, 1.807) is 24.7 Å². The van der Waals surface area contributed by atoms with Gasteiger partial charge < -0.3 is 16.0 Å². The highest BCUT2D eigenvalue weighted by Gasteiger charge is 2.12. The van der Waals surface area contributed by atoms with Crippen molar-refractivity contribution < 1.29 is 0 Å². The van der Waals surface area contributed by atoms with Crippen molar-refractivity contribution in [2.45, 2.75) is 0 Å². The summed E-state index contributed by atoms with van der Waals surface area (Å²) < 4.78 is 0. The predicted octanol–water partition coefficient (Wildman–Crippen LogP) is 3.31. The van der Waals surface area contributed by atoms with Crippen LogP contribution in [0.2, 0.25) is 0 Å².